The number of benzene rings is 1. The van der Waals surface area contributed by atoms with Gasteiger partial charge in [-0.15, -0.1) is 22.7 Å². The first-order valence-corrected chi connectivity index (χ1v) is 12.9. The first-order chi connectivity index (χ1) is 14.3. The molecule has 0 saturated carbocycles. The summed E-state index contributed by atoms with van der Waals surface area (Å²) < 4.78 is 24.0. The van der Waals surface area contributed by atoms with E-state index >= 15 is 0 Å². The van der Waals surface area contributed by atoms with Gasteiger partial charge in [0.1, 0.15) is 0 Å². The molecule has 8 nitrogen and oxygen atoms in total. The molecule has 1 aromatic carbocycles. The van der Waals surface area contributed by atoms with Gasteiger partial charge in [0, 0.05) is 11.6 Å². The number of hydrogen-bond donors (Lipinski definition) is 2. The fourth-order valence-corrected chi connectivity index (χ4v) is 5.50. The molecule has 0 atom stereocenters. The van der Waals surface area contributed by atoms with Crippen LogP contribution in [0, 0.1) is 0 Å². The Balaban J connectivity index is 1.40. The standard InChI is InChI=1S/C18H14N4O4S4/c1-30(25,26)11-4-5-12-14(8-11)29-18(20-12)21-15(23)7-10-9-28-17(19-10)22-16(24)13-3-2-6-27-13/h2-6,8-9H,7H2,1H3,(H,19,22,24)(H,20,21,23). The van der Waals surface area contributed by atoms with Crippen LogP contribution in [-0.2, 0) is 21.1 Å². The Hall–Kier alpha value is -2.67. The van der Waals surface area contributed by atoms with Gasteiger partial charge in [0.05, 0.1) is 32.1 Å². The van der Waals surface area contributed by atoms with Gasteiger partial charge >= 0.3 is 0 Å². The van der Waals surface area contributed by atoms with Crippen molar-refractivity contribution in [3.63, 3.8) is 0 Å². The molecule has 0 spiro atoms. The molecule has 0 aliphatic carbocycles. The van der Waals surface area contributed by atoms with Crippen molar-refractivity contribution in [2.75, 3.05) is 16.9 Å². The minimum Gasteiger partial charge on any atom is -0.302 e. The van der Waals surface area contributed by atoms with E-state index in [1.165, 1.54) is 40.1 Å². The van der Waals surface area contributed by atoms with Crippen molar-refractivity contribution < 1.29 is 18.0 Å². The highest BCUT2D eigenvalue weighted by Gasteiger charge is 2.14. The molecule has 12 heteroatoms. The monoisotopic (exact) mass is 478 g/mol. The van der Waals surface area contributed by atoms with Crippen LogP contribution in [0.2, 0.25) is 0 Å². The molecule has 0 radical (unpaired) electrons. The van der Waals surface area contributed by atoms with E-state index in [0.717, 1.165) is 6.26 Å². The number of nitrogens with zero attached hydrogens (tertiary/aromatic N) is 2. The molecule has 154 valence electrons. The lowest BCUT2D eigenvalue weighted by atomic mass is 10.3. The Morgan fingerprint density at radius 3 is 2.63 bits per heavy atom. The number of carbonyl (C=O) groups excluding carboxylic acids is 2. The summed E-state index contributed by atoms with van der Waals surface area (Å²) in [6.45, 7) is 0. The van der Waals surface area contributed by atoms with Crippen LogP contribution in [0.5, 0.6) is 0 Å². The van der Waals surface area contributed by atoms with Crippen molar-refractivity contribution in [1.82, 2.24) is 9.97 Å². The van der Waals surface area contributed by atoms with Crippen LogP contribution in [0.3, 0.4) is 0 Å². The summed E-state index contributed by atoms with van der Waals surface area (Å²) in [5, 5.41) is 9.74. The zero-order valence-electron chi connectivity index (χ0n) is 15.4. The van der Waals surface area contributed by atoms with Gasteiger partial charge in [-0.05, 0) is 29.6 Å². The van der Waals surface area contributed by atoms with Gasteiger partial charge in [-0.2, -0.15) is 0 Å². The Bertz CT molecular complexity index is 1340. The van der Waals surface area contributed by atoms with E-state index in [1.807, 2.05) is 5.38 Å². The van der Waals surface area contributed by atoms with Crippen LogP contribution in [0.25, 0.3) is 10.2 Å². The van der Waals surface area contributed by atoms with Crippen LogP contribution < -0.4 is 10.6 Å². The first-order valence-electron chi connectivity index (χ1n) is 8.48. The van der Waals surface area contributed by atoms with Gasteiger partial charge in [-0.1, -0.05) is 17.4 Å². The van der Waals surface area contributed by atoms with Gasteiger partial charge in [0.2, 0.25) is 5.91 Å². The molecule has 4 rings (SSSR count). The van der Waals surface area contributed by atoms with Crippen LogP contribution in [0.1, 0.15) is 15.4 Å². The number of rotatable bonds is 6. The maximum atomic E-state index is 12.3. The van der Waals surface area contributed by atoms with E-state index < -0.39 is 9.84 Å². The third kappa shape index (κ3) is 4.73. The second-order valence-corrected chi connectivity index (χ2v) is 11.1. The predicted molar refractivity (Wildman–Crippen MR) is 119 cm³/mol. The van der Waals surface area contributed by atoms with Gasteiger partial charge in [-0.3, -0.25) is 14.9 Å². The molecule has 0 aliphatic heterocycles. The molecule has 4 aromatic rings. The van der Waals surface area contributed by atoms with E-state index in [1.54, 1.807) is 29.6 Å². The summed E-state index contributed by atoms with van der Waals surface area (Å²) in [5.41, 5.74) is 1.13. The van der Waals surface area contributed by atoms with E-state index in [0.29, 0.717) is 31.1 Å². The van der Waals surface area contributed by atoms with Crippen molar-refractivity contribution in [1.29, 1.82) is 0 Å². The third-order valence-electron chi connectivity index (χ3n) is 3.89. The highest BCUT2D eigenvalue weighted by atomic mass is 32.2. The minimum atomic E-state index is -3.31. The number of aromatic nitrogens is 2. The lowest BCUT2D eigenvalue weighted by molar-refractivity contribution is -0.115. The minimum absolute atomic E-state index is 0.0237. The van der Waals surface area contributed by atoms with Crippen LogP contribution >= 0.6 is 34.0 Å². The predicted octanol–water partition coefficient (Wildman–Crippen LogP) is 3.65. The van der Waals surface area contributed by atoms with Crippen LogP contribution in [0.4, 0.5) is 10.3 Å². The fraction of sp³-hybridized carbons (Fsp3) is 0.111. The highest BCUT2D eigenvalue weighted by molar-refractivity contribution is 7.90. The van der Waals surface area contributed by atoms with Crippen molar-refractivity contribution in [3.8, 4) is 0 Å². The van der Waals surface area contributed by atoms with Gasteiger partial charge in [-0.25, -0.2) is 18.4 Å². The van der Waals surface area contributed by atoms with Gasteiger partial charge in [0.15, 0.2) is 20.1 Å². The lowest BCUT2D eigenvalue weighted by Crippen LogP contribution is -2.14. The number of hydrogen-bond acceptors (Lipinski definition) is 9. The largest absolute Gasteiger partial charge is 0.302 e. The topological polar surface area (TPSA) is 118 Å². The quantitative estimate of drug-likeness (QED) is 0.437. The van der Waals surface area contributed by atoms with Crippen molar-refractivity contribution in [2.24, 2.45) is 0 Å². The first kappa shape index (κ1) is 20.6. The number of thiazole rings is 2. The SMILES string of the molecule is CS(=O)(=O)c1ccc2nc(NC(=O)Cc3csc(NC(=O)c4cccs4)n3)sc2c1. The van der Waals surface area contributed by atoms with Gasteiger partial charge < -0.3 is 5.32 Å². The summed E-state index contributed by atoms with van der Waals surface area (Å²) in [7, 11) is -3.31. The lowest BCUT2D eigenvalue weighted by Gasteiger charge is -1.99. The molecule has 0 unspecified atom stereocenters. The molecular weight excluding hydrogens is 464 g/mol. The van der Waals surface area contributed by atoms with Crippen molar-refractivity contribution in [3.05, 3.63) is 51.7 Å². The Morgan fingerprint density at radius 2 is 1.90 bits per heavy atom. The zero-order valence-corrected chi connectivity index (χ0v) is 18.7. The third-order valence-corrected chi connectivity index (χ3v) is 7.61. The molecule has 30 heavy (non-hydrogen) atoms. The van der Waals surface area contributed by atoms with E-state index in [2.05, 4.69) is 20.6 Å². The van der Waals surface area contributed by atoms with Gasteiger partial charge in [0.25, 0.3) is 5.91 Å². The maximum absolute atomic E-state index is 12.3. The summed E-state index contributed by atoms with van der Waals surface area (Å²) >= 11 is 3.77. The van der Waals surface area contributed by atoms with Crippen molar-refractivity contribution >= 4 is 76.1 Å². The Kier molecular flexibility index (Phi) is 5.64. The summed E-state index contributed by atoms with van der Waals surface area (Å²) in [6, 6.07) is 8.16. The van der Waals surface area contributed by atoms with E-state index in [4.69, 9.17) is 0 Å². The number of anilines is 2. The number of amides is 2. The number of nitrogens with one attached hydrogen (secondary N) is 2. The van der Waals surface area contributed by atoms with Crippen LogP contribution in [0.15, 0.2) is 46.0 Å². The summed E-state index contributed by atoms with van der Waals surface area (Å²) in [4.78, 5) is 33.8. The number of thiophene rings is 1. The summed E-state index contributed by atoms with van der Waals surface area (Å²) in [6.07, 6.45) is 1.17. The molecule has 0 aliphatic rings. The van der Waals surface area contributed by atoms with Crippen LogP contribution in [-0.4, -0.2) is 36.5 Å². The van der Waals surface area contributed by atoms with Crippen molar-refractivity contribution in [2.45, 2.75) is 11.3 Å². The molecule has 3 aromatic heterocycles. The molecule has 2 amide bonds. The van der Waals surface area contributed by atoms with E-state index in [9.17, 15) is 18.0 Å². The normalized spacial score (nSPS) is 11.5. The molecule has 3 heterocycles. The second kappa shape index (κ2) is 8.22. The second-order valence-electron chi connectivity index (χ2n) is 6.22. The van der Waals surface area contributed by atoms with E-state index in [-0.39, 0.29) is 23.1 Å². The number of fused-ring (bicyclic) bond motifs is 1. The average molecular weight is 479 g/mol. The number of carbonyl (C=O) groups is 2. The Morgan fingerprint density at radius 1 is 1.07 bits per heavy atom. The summed E-state index contributed by atoms with van der Waals surface area (Å²) in [5.74, 6) is -0.544. The molecular formula is C18H14N4O4S4. The molecule has 2 N–H and O–H groups in total. The Labute approximate surface area is 183 Å². The fourth-order valence-electron chi connectivity index (χ4n) is 2.53. The molecule has 0 fully saturated rings. The zero-order chi connectivity index (χ0) is 21.3. The highest BCUT2D eigenvalue weighted by Crippen LogP contribution is 2.28. The smallest absolute Gasteiger partial charge is 0.267 e. The maximum Gasteiger partial charge on any atom is 0.267 e. The molecule has 0 bridgehead atoms. The number of sulfone groups is 1. The average Bonchev–Trinajstić information content (AvgIpc) is 3.40. The molecule has 0 saturated heterocycles.